The van der Waals surface area contributed by atoms with Crippen molar-refractivity contribution in [2.24, 2.45) is 11.8 Å². The van der Waals surface area contributed by atoms with Crippen molar-refractivity contribution in [2.45, 2.75) is 46.5 Å². The van der Waals surface area contributed by atoms with E-state index in [0.29, 0.717) is 5.92 Å². The standard InChI is InChI=1S/C15H24/c1-5-6-9-13(3)14(4)15-10-7-8-12(2)11-15/h5,9,11-12,14H,1,6-8,10H2,2-4H3. The second-order valence-corrected chi connectivity index (χ2v) is 4.81. The predicted octanol–water partition coefficient (Wildman–Crippen LogP) is 4.89. The zero-order chi connectivity index (χ0) is 11.3. The Labute approximate surface area is 94.8 Å². The van der Waals surface area contributed by atoms with Crippen molar-refractivity contribution in [3.05, 3.63) is 36.0 Å². The van der Waals surface area contributed by atoms with E-state index in [9.17, 15) is 0 Å². The molecule has 0 heterocycles. The molecule has 2 atom stereocenters. The molecule has 0 aliphatic heterocycles. The summed E-state index contributed by atoms with van der Waals surface area (Å²) in [6.07, 6.45) is 11.8. The molecule has 0 aromatic heterocycles. The number of hydrogen-bond acceptors (Lipinski definition) is 0. The van der Waals surface area contributed by atoms with Crippen LogP contribution in [0, 0.1) is 11.8 Å². The zero-order valence-corrected chi connectivity index (χ0v) is 10.4. The highest BCUT2D eigenvalue weighted by molar-refractivity contribution is 5.21. The highest BCUT2D eigenvalue weighted by atomic mass is 14.2. The Morgan fingerprint density at radius 1 is 1.67 bits per heavy atom. The summed E-state index contributed by atoms with van der Waals surface area (Å²) < 4.78 is 0. The van der Waals surface area contributed by atoms with Crippen LogP contribution in [0.5, 0.6) is 0 Å². The van der Waals surface area contributed by atoms with E-state index in [4.69, 9.17) is 0 Å². The van der Waals surface area contributed by atoms with E-state index in [1.807, 2.05) is 6.08 Å². The first-order chi connectivity index (χ1) is 7.15. The normalized spacial score (nSPS) is 24.6. The molecule has 1 aliphatic carbocycles. The molecule has 2 unspecified atom stereocenters. The molecule has 0 aromatic rings. The largest absolute Gasteiger partial charge is 0.103 e. The van der Waals surface area contributed by atoms with Gasteiger partial charge in [0.1, 0.15) is 0 Å². The maximum atomic E-state index is 3.76. The van der Waals surface area contributed by atoms with Crippen molar-refractivity contribution in [3.63, 3.8) is 0 Å². The van der Waals surface area contributed by atoms with Crippen molar-refractivity contribution < 1.29 is 0 Å². The van der Waals surface area contributed by atoms with Crippen LogP contribution in [-0.2, 0) is 0 Å². The van der Waals surface area contributed by atoms with Gasteiger partial charge in [0, 0.05) is 0 Å². The van der Waals surface area contributed by atoms with Crippen molar-refractivity contribution >= 4 is 0 Å². The second kappa shape index (κ2) is 5.95. The first-order valence-electron chi connectivity index (χ1n) is 6.13. The van der Waals surface area contributed by atoms with Crippen LogP contribution in [0.2, 0.25) is 0 Å². The van der Waals surface area contributed by atoms with E-state index in [-0.39, 0.29) is 0 Å². The van der Waals surface area contributed by atoms with Gasteiger partial charge in [-0.15, -0.1) is 6.58 Å². The van der Waals surface area contributed by atoms with Gasteiger partial charge in [0.25, 0.3) is 0 Å². The lowest BCUT2D eigenvalue weighted by molar-refractivity contribution is 0.538. The molecular formula is C15H24. The zero-order valence-electron chi connectivity index (χ0n) is 10.4. The maximum absolute atomic E-state index is 3.76. The SMILES string of the molecule is C=CCC=C(C)C(C)C1=CC(C)CCC1. The first kappa shape index (κ1) is 12.3. The molecule has 0 spiro atoms. The van der Waals surface area contributed by atoms with Gasteiger partial charge in [0.15, 0.2) is 0 Å². The van der Waals surface area contributed by atoms with E-state index in [1.165, 1.54) is 24.8 Å². The molecule has 84 valence electrons. The molecule has 0 saturated carbocycles. The van der Waals surface area contributed by atoms with Crippen molar-refractivity contribution in [1.29, 1.82) is 0 Å². The van der Waals surface area contributed by atoms with Crippen LogP contribution >= 0.6 is 0 Å². The van der Waals surface area contributed by atoms with Gasteiger partial charge in [-0.25, -0.2) is 0 Å². The first-order valence-corrected chi connectivity index (χ1v) is 6.13. The second-order valence-electron chi connectivity index (χ2n) is 4.81. The van der Waals surface area contributed by atoms with Gasteiger partial charge in [0.05, 0.1) is 0 Å². The van der Waals surface area contributed by atoms with Crippen LogP contribution in [0.3, 0.4) is 0 Å². The monoisotopic (exact) mass is 204 g/mol. The van der Waals surface area contributed by atoms with E-state index in [2.05, 4.69) is 39.5 Å². The van der Waals surface area contributed by atoms with Gasteiger partial charge in [0.2, 0.25) is 0 Å². The van der Waals surface area contributed by atoms with Crippen molar-refractivity contribution in [3.8, 4) is 0 Å². The maximum Gasteiger partial charge on any atom is -0.00240 e. The van der Waals surface area contributed by atoms with Gasteiger partial charge >= 0.3 is 0 Å². The summed E-state index contributed by atoms with van der Waals surface area (Å²) in [5.74, 6) is 1.41. The van der Waals surface area contributed by atoms with Crippen LogP contribution in [0.15, 0.2) is 36.0 Å². The van der Waals surface area contributed by atoms with Gasteiger partial charge in [-0.2, -0.15) is 0 Å². The van der Waals surface area contributed by atoms with E-state index in [0.717, 1.165) is 12.3 Å². The average Bonchev–Trinajstić information content (AvgIpc) is 2.24. The Morgan fingerprint density at radius 2 is 2.40 bits per heavy atom. The Kier molecular flexibility index (Phi) is 4.87. The van der Waals surface area contributed by atoms with Crippen LogP contribution in [0.4, 0.5) is 0 Å². The summed E-state index contributed by atoms with van der Waals surface area (Å²) in [7, 11) is 0. The lowest BCUT2D eigenvalue weighted by atomic mass is 9.82. The van der Waals surface area contributed by atoms with Crippen LogP contribution in [0.25, 0.3) is 0 Å². The van der Waals surface area contributed by atoms with Gasteiger partial charge < -0.3 is 0 Å². The fraction of sp³-hybridized carbons (Fsp3) is 0.600. The van der Waals surface area contributed by atoms with Crippen LogP contribution in [0.1, 0.15) is 46.5 Å². The average molecular weight is 204 g/mol. The molecule has 1 rings (SSSR count). The molecule has 1 aliphatic rings. The quantitative estimate of drug-likeness (QED) is 0.572. The molecule has 15 heavy (non-hydrogen) atoms. The van der Waals surface area contributed by atoms with Crippen LogP contribution < -0.4 is 0 Å². The lowest BCUT2D eigenvalue weighted by Gasteiger charge is -2.23. The van der Waals surface area contributed by atoms with Crippen LogP contribution in [-0.4, -0.2) is 0 Å². The number of rotatable bonds is 4. The smallest absolute Gasteiger partial charge is 0.00240 e. The Bertz CT molecular complexity index is 268. The minimum atomic E-state index is 0.632. The van der Waals surface area contributed by atoms with E-state index < -0.39 is 0 Å². The molecule has 0 N–H and O–H groups in total. The fourth-order valence-corrected chi connectivity index (χ4v) is 2.26. The molecule has 0 aromatic carbocycles. The topological polar surface area (TPSA) is 0 Å². The molecular weight excluding hydrogens is 180 g/mol. The summed E-state index contributed by atoms with van der Waals surface area (Å²) in [4.78, 5) is 0. The van der Waals surface area contributed by atoms with Gasteiger partial charge in [-0.3, -0.25) is 0 Å². The van der Waals surface area contributed by atoms with E-state index >= 15 is 0 Å². The summed E-state index contributed by atoms with van der Waals surface area (Å²) in [5.41, 5.74) is 3.14. The van der Waals surface area contributed by atoms with Crippen molar-refractivity contribution in [1.82, 2.24) is 0 Å². The highest BCUT2D eigenvalue weighted by Crippen LogP contribution is 2.31. The third kappa shape index (κ3) is 3.70. The minimum Gasteiger partial charge on any atom is -0.103 e. The predicted molar refractivity (Wildman–Crippen MR) is 68.8 cm³/mol. The third-order valence-corrected chi connectivity index (χ3v) is 3.47. The molecule has 0 bridgehead atoms. The molecule has 0 amide bonds. The fourth-order valence-electron chi connectivity index (χ4n) is 2.26. The Balaban J connectivity index is 2.66. The minimum absolute atomic E-state index is 0.632. The van der Waals surface area contributed by atoms with Gasteiger partial charge in [-0.05, 0) is 44.4 Å². The van der Waals surface area contributed by atoms with Crippen molar-refractivity contribution in [2.75, 3.05) is 0 Å². The summed E-state index contributed by atoms with van der Waals surface area (Å²) in [6.45, 7) is 10.7. The molecule has 0 radical (unpaired) electrons. The Hall–Kier alpha value is -0.780. The lowest BCUT2D eigenvalue weighted by Crippen LogP contribution is -2.08. The molecule has 0 heteroatoms. The Morgan fingerprint density at radius 3 is 3.00 bits per heavy atom. The summed E-state index contributed by atoms with van der Waals surface area (Å²) >= 11 is 0. The summed E-state index contributed by atoms with van der Waals surface area (Å²) in [6, 6.07) is 0. The van der Waals surface area contributed by atoms with E-state index in [1.54, 1.807) is 5.57 Å². The highest BCUT2D eigenvalue weighted by Gasteiger charge is 2.15. The number of allylic oxidation sites excluding steroid dienone is 5. The molecule has 0 saturated heterocycles. The number of hydrogen-bond donors (Lipinski definition) is 0. The van der Waals surface area contributed by atoms with Gasteiger partial charge in [-0.1, -0.05) is 43.2 Å². The summed E-state index contributed by atoms with van der Waals surface area (Å²) in [5, 5.41) is 0. The third-order valence-electron chi connectivity index (χ3n) is 3.47. The molecule has 0 fully saturated rings. The molecule has 0 nitrogen and oxygen atoms in total.